The lowest BCUT2D eigenvalue weighted by Crippen LogP contribution is -2.50. The summed E-state index contributed by atoms with van der Waals surface area (Å²) in [6.45, 7) is 4.63. The van der Waals surface area contributed by atoms with Gasteiger partial charge in [-0.1, -0.05) is 25.5 Å². The van der Waals surface area contributed by atoms with E-state index in [1.807, 2.05) is 0 Å². The van der Waals surface area contributed by atoms with Gasteiger partial charge in [0.25, 0.3) is 0 Å². The molecular weight excluding hydrogens is 288 g/mol. The molecule has 0 heterocycles. The van der Waals surface area contributed by atoms with E-state index in [0.29, 0.717) is 30.0 Å². The predicted octanol–water partition coefficient (Wildman–Crippen LogP) is 4.22. The molecular formula is C20H28O3. The molecule has 0 aromatic rings. The number of carboxylic acids is 1. The zero-order chi connectivity index (χ0) is 16.4. The van der Waals surface area contributed by atoms with Crippen molar-refractivity contribution in [2.75, 3.05) is 0 Å². The third kappa shape index (κ3) is 2.01. The van der Waals surface area contributed by atoms with Crippen LogP contribution in [0, 0.1) is 34.5 Å². The van der Waals surface area contributed by atoms with Crippen molar-refractivity contribution >= 4 is 11.8 Å². The van der Waals surface area contributed by atoms with Crippen molar-refractivity contribution in [3.63, 3.8) is 0 Å². The second kappa shape index (κ2) is 4.94. The molecule has 3 fully saturated rings. The Balaban J connectivity index is 1.67. The maximum atomic E-state index is 11.9. The maximum absolute atomic E-state index is 11.9. The normalized spacial score (nSPS) is 49.0. The van der Waals surface area contributed by atoms with E-state index in [0.717, 1.165) is 44.9 Å². The Morgan fingerprint density at radius 3 is 2.70 bits per heavy atom. The van der Waals surface area contributed by atoms with Crippen LogP contribution >= 0.6 is 0 Å². The van der Waals surface area contributed by atoms with Crippen molar-refractivity contribution in [1.82, 2.24) is 0 Å². The number of Topliss-reactive ketones (excluding diaryl/α,β-unsaturated/α-hetero) is 1. The van der Waals surface area contributed by atoms with Crippen molar-refractivity contribution in [3.05, 3.63) is 11.6 Å². The lowest BCUT2D eigenvalue weighted by molar-refractivity contribution is -0.149. The van der Waals surface area contributed by atoms with E-state index in [-0.39, 0.29) is 16.7 Å². The number of allylic oxidation sites excluding steroid dienone is 2. The van der Waals surface area contributed by atoms with Gasteiger partial charge in [-0.25, -0.2) is 0 Å². The minimum atomic E-state index is -0.588. The topological polar surface area (TPSA) is 54.4 Å². The fourth-order valence-electron chi connectivity index (χ4n) is 6.88. The summed E-state index contributed by atoms with van der Waals surface area (Å²) in [7, 11) is 0. The van der Waals surface area contributed by atoms with Gasteiger partial charge in [0.05, 0.1) is 5.92 Å². The summed E-state index contributed by atoms with van der Waals surface area (Å²) >= 11 is 0. The van der Waals surface area contributed by atoms with Crippen LogP contribution in [-0.2, 0) is 9.59 Å². The molecule has 23 heavy (non-hydrogen) atoms. The Kier molecular flexibility index (Phi) is 3.31. The van der Waals surface area contributed by atoms with E-state index in [4.69, 9.17) is 0 Å². The molecule has 1 unspecified atom stereocenters. The minimum Gasteiger partial charge on any atom is -0.481 e. The van der Waals surface area contributed by atoms with Crippen LogP contribution in [0.1, 0.15) is 65.2 Å². The van der Waals surface area contributed by atoms with Crippen LogP contribution in [0.15, 0.2) is 11.6 Å². The Labute approximate surface area is 138 Å². The van der Waals surface area contributed by atoms with Crippen LogP contribution in [0.2, 0.25) is 0 Å². The smallest absolute Gasteiger partial charge is 0.307 e. The molecule has 3 heteroatoms. The van der Waals surface area contributed by atoms with Gasteiger partial charge in [0, 0.05) is 12.8 Å². The molecule has 0 saturated heterocycles. The number of fused-ring (bicyclic) bond motifs is 5. The molecule has 4 rings (SSSR count). The van der Waals surface area contributed by atoms with Gasteiger partial charge in [-0.2, -0.15) is 0 Å². The van der Waals surface area contributed by atoms with Crippen LogP contribution in [0.4, 0.5) is 0 Å². The molecule has 3 saturated carbocycles. The largest absolute Gasteiger partial charge is 0.481 e. The van der Waals surface area contributed by atoms with Gasteiger partial charge in [0.1, 0.15) is 5.78 Å². The molecule has 4 aliphatic rings. The van der Waals surface area contributed by atoms with E-state index in [2.05, 4.69) is 19.9 Å². The predicted molar refractivity (Wildman–Crippen MR) is 87.8 cm³/mol. The van der Waals surface area contributed by atoms with Crippen molar-refractivity contribution < 1.29 is 14.7 Å². The van der Waals surface area contributed by atoms with Crippen LogP contribution < -0.4 is 0 Å². The second-order valence-electron chi connectivity index (χ2n) is 8.99. The van der Waals surface area contributed by atoms with E-state index in [9.17, 15) is 14.7 Å². The Bertz CT molecular complexity index is 592. The van der Waals surface area contributed by atoms with Gasteiger partial charge in [0.2, 0.25) is 0 Å². The number of hydrogen-bond donors (Lipinski definition) is 1. The summed E-state index contributed by atoms with van der Waals surface area (Å²) in [5.41, 5.74) is 1.57. The van der Waals surface area contributed by atoms with E-state index < -0.39 is 5.97 Å². The standard InChI is InChI=1S/C20H28O3/c1-19-9-7-13(21)11-12(19)3-4-14-15-5-6-17(18(22)23)20(15,2)10-8-16(14)19/h3,14-17H,4-11H2,1-2H3,(H,22,23)/t14-,15-,16+,17?,19-,20-/m0/s1. The van der Waals surface area contributed by atoms with Gasteiger partial charge in [-0.3, -0.25) is 9.59 Å². The molecule has 4 aliphatic carbocycles. The second-order valence-corrected chi connectivity index (χ2v) is 8.99. The monoisotopic (exact) mass is 316 g/mol. The third-order valence-corrected chi connectivity index (χ3v) is 8.23. The van der Waals surface area contributed by atoms with Crippen LogP contribution in [-0.4, -0.2) is 16.9 Å². The van der Waals surface area contributed by atoms with E-state index >= 15 is 0 Å². The number of rotatable bonds is 1. The van der Waals surface area contributed by atoms with Crippen LogP contribution in [0.25, 0.3) is 0 Å². The Morgan fingerprint density at radius 2 is 1.96 bits per heavy atom. The van der Waals surface area contributed by atoms with Crippen molar-refractivity contribution in [2.24, 2.45) is 34.5 Å². The number of aliphatic carboxylic acids is 1. The van der Waals surface area contributed by atoms with Gasteiger partial charge in [-0.15, -0.1) is 0 Å². The summed E-state index contributed by atoms with van der Waals surface area (Å²) in [4.78, 5) is 23.6. The number of ketones is 1. The van der Waals surface area contributed by atoms with E-state index in [1.165, 1.54) is 5.57 Å². The average molecular weight is 316 g/mol. The summed E-state index contributed by atoms with van der Waals surface area (Å²) in [5, 5.41) is 9.63. The van der Waals surface area contributed by atoms with Crippen LogP contribution in [0.3, 0.4) is 0 Å². The Hall–Kier alpha value is -1.12. The first-order chi connectivity index (χ1) is 10.9. The van der Waals surface area contributed by atoms with Gasteiger partial charge >= 0.3 is 5.97 Å². The molecule has 3 nitrogen and oxygen atoms in total. The summed E-state index contributed by atoms with van der Waals surface area (Å²) in [6.07, 6.45) is 9.95. The molecule has 0 aliphatic heterocycles. The quantitative estimate of drug-likeness (QED) is 0.737. The van der Waals surface area contributed by atoms with Gasteiger partial charge < -0.3 is 5.11 Å². The summed E-state index contributed by atoms with van der Waals surface area (Å²) < 4.78 is 0. The fraction of sp³-hybridized carbons (Fsp3) is 0.800. The Morgan fingerprint density at radius 1 is 1.17 bits per heavy atom. The molecule has 0 spiro atoms. The zero-order valence-electron chi connectivity index (χ0n) is 14.3. The van der Waals surface area contributed by atoms with Gasteiger partial charge in [0.15, 0.2) is 0 Å². The lowest BCUT2D eigenvalue weighted by atomic mass is 9.47. The number of carboxylic acid groups (broad SMARTS) is 1. The van der Waals surface area contributed by atoms with Crippen molar-refractivity contribution in [1.29, 1.82) is 0 Å². The minimum absolute atomic E-state index is 0.0147. The SMILES string of the molecule is C[C@]12CCC(=O)CC1=CC[C@@H]1[C@H]2CC[C@]2(C)C(C(=O)O)CC[C@@H]12. The highest BCUT2D eigenvalue weighted by molar-refractivity contribution is 5.82. The summed E-state index contributed by atoms with van der Waals surface area (Å²) in [6, 6.07) is 0. The maximum Gasteiger partial charge on any atom is 0.307 e. The van der Waals surface area contributed by atoms with E-state index in [1.54, 1.807) is 0 Å². The molecule has 0 amide bonds. The molecule has 0 aromatic heterocycles. The third-order valence-electron chi connectivity index (χ3n) is 8.23. The molecule has 0 bridgehead atoms. The highest BCUT2D eigenvalue weighted by Gasteiger charge is 2.59. The fourth-order valence-corrected chi connectivity index (χ4v) is 6.88. The first-order valence-corrected chi connectivity index (χ1v) is 9.30. The molecule has 0 aromatic carbocycles. The summed E-state index contributed by atoms with van der Waals surface area (Å²) in [5.74, 6) is 1.49. The molecule has 0 radical (unpaired) electrons. The molecule has 1 N–H and O–H groups in total. The van der Waals surface area contributed by atoms with Crippen LogP contribution in [0.5, 0.6) is 0 Å². The first kappa shape index (κ1) is 15.4. The number of carbonyl (C=O) groups is 2. The number of carbonyl (C=O) groups excluding carboxylic acids is 1. The van der Waals surface area contributed by atoms with Crippen molar-refractivity contribution in [2.45, 2.75) is 65.2 Å². The lowest BCUT2D eigenvalue weighted by Gasteiger charge is -2.57. The van der Waals surface area contributed by atoms with Crippen molar-refractivity contribution in [3.8, 4) is 0 Å². The highest BCUT2D eigenvalue weighted by Crippen LogP contribution is 2.65. The van der Waals surface area contributed by atoms with Gasteiger partial charge in [-0.05, 0) is 67.1 Å². The molecule has 126 valence electrons. The zero-order valence-corrected chi connectivity index (χ0v) is 14.3. The molecule has 6 atom stereocenters. The highest BCUT2D eigenvalue weighted by atomic mass is 16.4. The average Bonchev–Trinajstić information content (AvgIpc) is 2.85. The number of hydrogen-bond acceptors (Lipinski definition) is 2. The first-order valence-electron chi connectivity index (χ1n) is 9.30.